The second kappa shape index (κ2) is 8.85. The van der Waals surface area contributed by atoms with Crippen molar-refractivity contribution in [3.63, 3.8) is 0 Å². The van der Waals surface area contributed by atoms with Gasteiger partial charge in [-0.05, 0) is 24.3 Å². The number of ether oxygens (including phenoxy) is 1. The summed E-state index contributed by atoms with van der Waals surface area (Å²) in [6, 6.07) is 5.89. The van der Waals surface area contributed by atoms with E-state index in [0.29, 0.717) is 22.3 Å². The Kier molecular flexibility index (Phi) is 5.95. The Morgan fingerprint density at radius 1 is 1.09 bits per heavy atom. The normalized spacial score (nSPS) is 11.0. The molecule has 4 aromatic rings. The summed E-state index contributed by atoms with van der Waals surface area (Å²) in [6.07, 6.45) is 5.44. The lowest BCUT2D eigenvalue weighted by atomic mass is 10.1. The molecule has 9 nitrogen and oxygen atoms in total. The number of nitrogens with zero attached hydrogens (tertiary/aromatic N) is 4. The van der Waals surface area contributed by atoms with Gasteiger partial charge in [-0.3, -0.25) is 9.71 Å². The van der Waals surface area contributed by atoms with E-state index in [2.05, 4.69) is 36.5 Å². The average Bonchev–Trinajstić information content (AvgIpc) is 2.81. The number of fused-ring (bicyclic) bond motifs is 1. The van der Waals surface area contributed by atoms with E-state index in [1.807, 2.05) is 0 Å². The first-order valence-corrected chi connectivity index (χ1v) is 11.0. The number of nitrogens with one attached hydrogen (secondary N) is 1. The van der Waals surface area contributed by atoms with Crippen LogP contribution in [0.4, 0.5) is 16.0 Å². The van der Waals surface area contributed by atoms with Crippen LogP contribution in [0.3, 0.4) is 0 Å². The minimum atomic E-state index is -4.33. The van der Waals surface area contributed by atoms with Gasteiger partial charge in [-0.15, -0.1) is 0 Å². The predicted octanol–water partition coefficient (Wildman–Crippen LogP) is 3.00. The maximum Gasteiger partial charge on any atom is 0.268 e. The van der Waals surface area contributed by atoms with Crippen LogP contribution in [-0.2, 0) is 10.0 Å². The van der Waals surface area contributed by atoms with Crippen LogP contribution in [0.2, 0.25) is 5.02 Å². The summed E-state index contributed by atoms with van der Waals surface area (Å²) in [7, 11) is -3.08. The Labute approximate surface area is 192 Å². The van der Waals surface area contributed by atoms with Gasteiger partial charge in [0.1, 0.15) is 5.82 Å². The molecule has 3 N–H and O–H groups in total. The fourth-order valence-corrected chi connectivity index (χ4v) is 4.24. The zero-order valence-electron chi connectivity index (χ0n) is 16.9. The topological polar surface area (TPSA) is 133 Å². The van der Waals surface area contributed by atoms with Gasteiger partial charge >= 0.3 is 0 Å². The molecule has 0 spiro atoms. The molecule has 0 fully saturated rings. The van der Waals surface area contributed by atoms with Gasteiger partial charge in [0.2, 0.25) is 5.88 Å². The molecule has 4 rings (SSSR count). The highest BCUT2D eigenvalue weighted by molar-refractivity contribution is 7.92. The number of hydrogen-bond acceptors (Lipinski definition) is 8. The van der Waals surface area contributed by atoms with Crippen molar-refractivity contribution in [2.45, 2.75) is 4.90 Å². The highest BCUT2D eigenvalue weighted by atomic mass is 35.5. The van der Waals surface area contributed by atoms with Gasteiger partial charge in [-0.1, -0.05) is 23.4 Å². The number of aromatic nitrogens is 4. The van der Waals surface area contributed by atoms with Gasteiger partial charge in [-0.2, -0.15) is 0 Å². The van der Waals surface area contributed by atoms with Crippen LogP contribution in [0.1, 0.15) is 11.1 Å². The molecule has 0 saturated heterocycles. The molecule has 0 bridgehead atoms. The van der Waals surface area contributed by atoms with Crippen molar-refractivity contribution in [3.8, 4) is 17.7 Å². The number of nitrogen functional groups attached to an aromatic ring is 1. The summed E-state index contributed by atoms with van der Waals surface area (Å²) in [6.45, 7) is 0. The summed E-state index contributed by atoms with van der Waals surface area (Å²) < 4.78 is 47.7. The van der Waals surface area contributed by atoms with Crippen molar-refractivity contribution < 1.29 is 17.5 Å². The summed E-state index contributed by atoms with van der Waals surface area (Å²) in [5, 5.41) is 0.666. The zero-order valence-corrected chi connectivity index (χ0v) is 18.4. The number of anilines is 2. The van der Waals surface area contributed by atoms with Crippen molar-refractivity contribution in [1.29, 1.82) is 0 Å². The molecule has 4 heterocycles. The molecule has 33 heavy (non-hydrogen) atoms. The van der Waals surface area contributed by atoms with Crippen LogP contribution in [0.25, 0.3) is 10.9 Å². The molecule has 4 aromatic heterocycles. The highest BCUT2D eigenvalue weighted by Crippen LogP contribution is 2.27. The van der Waals surface area contributed by atoms with Crippen LogP contribution < -0.4 is 15.2 Å². The summed E-state index contributed by atoms with van der Waals surface area (Å²) in [4.78, 5) is 15.5. The van der Waals surface area contributed by atoms with Gasteiger partial charge in [0.05, 0.1) is 28.8 Å². The molecule has 0 unspecified atom stereocenters. The van der Waals surface area contributed by atoms with Crippen molar-refractivity contribution in [3.05, 3.63) is 71.0 Å². The minimum Gasteiger partial charge on any atom is -0.480 e. The number of rotatable bonds is 4. The molecule has 0 aliphatic rings. The van der Waals surface area contributed by atoms with E-state index in [4.69, 9.17) is 22.1 Å². The lowest BCUT2D eigenvalue weighted by Crippen LogP contribution is -2.17. The van der Waals surface area contributed by atoms with Gasteiger partial charge in [0.25, 0.3) is 10.0 Å². The molecule has 0 saturated carbocycles. The Morgan fingerprint density at radius 2 is 1.88 bits per heavy atom. The van der Waals surface area contributed by atoms with Crippen LogP contribution in [0.15, 0.2) is 53.9 Å². The van der Waals surface area contributed by atoms with Crippen LogP contribution >= 0.6 is 11.6 Å². The largest absolute Gasteiger partial charge is 0.480 e. The van der Waals surface area contributed by atoms with Gasteiger partial charge < -0.3 is 10.5 Å². The van der Waals surface area contributed by atoms with E-state index in [-0.39, 0.29) is 21.4 Å². The smallest absolute Gasteiger partial charge is 0.268 e. The summed E-state index contributed by atoms with van der Waals surface area (Å²) in [5.41, 5.74) is 6.69. The second-order valence-electron chi connectivity index (χ2n) is 6.49. The molecule has 0 aliphatic carbocycles. The van der Waals surface area contributed by atoms with E-state index >= 15 is 4.39 Å². The second-order valence-corrected chi connectivity index (χ2v) is 8.58. The van der Waals surface area contributed by atoms with Crippen LogP contribution in [0, 0.1) is 17.7 Å². The maximum atomic E-state index is 15.0. The molecule has 0 aromatic carbocycles. The number of halogens is 2. The molecule has 166 valence electrons. The fourth-order valence-electron chi connectivity index (χ4n) is 2.87. The van der Waals surface area contributed by atoms with E-state index in [9.17, 15) is 8.42 Å². The third-order valence-corrected chi connectivity index (χ3v) is 5.93. The molecule has 0 atom stereocenters. The minimum absolute atomic E-state index is 0.0576. The quantitative estimate of drug-likeness (QED) is 0.422. The van der Waals surface area contributed by atoms with E-state index in [1.165, 1.54) is 31.8 Å². The van der Waals surface area contributed by atoms with E-state index < -0.39 is 21.7 Å². The number of hydrogen-bond donors (Lipinski definition) is 2. The zero-order chi connectivity index (χ0) is 23.6. The third-order valence-electron chi connectivity index (χ3n) is 4.39. The first-order chi connectivity index (χ1) is 15.8. The molecular formula is C21H14ClFN6O3S. The first kappa shape index (κ1) is 22.2. The van der Waals surface area contributed by atoms with Crippen molar-refractivity contribution in [2.75, 3.05) is 17.6 Å². The Hall–Kier alpha value is -4.01. The van der Waals surface area contributed by atoms with Gasteiger partial charge in [0.15, 0.2) is 16.5 Å². The van der Waals surface area contributed by atoms with Gasteiger partial charge in [-0.25, -0.2) is 27.8 Å². The van der Waals surface area contributed by atoms with Crippen molar-refractivity contribution >= 4 is 44.2 Å². The SMILES string of the molecule is COc1ncc(Cl)cc1S(=O)(=O)Nc1nccc(C#Cc2cnc(N)c3cccnc23)c1F. The molecule has 12 heteroatoms. The summed E-state index contributed by atoms with van der Waals surface area (Å²) >= 11 is 5.85. The fraction of sp³-hybridized carbons (Fsp3) is 0.0476. The molecule has 0 radical (unpaired) electrons. The maximum absolute atomic E-state index is 15.0. The molecule has 0 aliphatic heterocycles. The van der Waals surface area contributed by atoms with Crippen LogP contribution in [-0.4, -0.2) is 35.5 Å². The number of methoxy groups -OCH3 is 1. The van der Waals surface area contributed by atoms with Crippen LogP contribution in [0.5, 0.6) is 5.88 Å². The van der Waals surface area contributed by atoms with Crippen molar-refractivity contribution in [1.82, 2.24) is 19.9 Å². The van der Waals surface area contributed by atoms with Gasteiger partial charge in [0, 0.05) is 30.2 Å². The summed E-state index contributed by atoms with van der Waals surface area (Å²) in [5.74, 6) is 4.02. The first-order valence-electron chi connectivity index (χ1n) is 9.18. The standard InChI is InChI=1S/C21H14ClFN6O3S/c1-32-21-16(9-14(22)11-28-21)33(30,31)29-20-17(23)12(6-8-26-20)4-5-13-10-27-19(24)15-3-2-7-25-18(13)15/h2-3,6-11H,1H3,(H2,24,27)(H,26,29). The Morgan fingerprint density at radius 3 is 2.67 bits per heavy atom. The van der Waals surface area contributed by atoms with E-state index in [1.54, 1.807) is 18.3 Å². The number of sulfonamides is 1. The molecular weight excluding hydrogens is 471 g/mol. The third kappa shape index (κ3) is 4.48. The Bertz CT molecular complexity index is 1550. The lowest BCUT2D eigenvalue weighted by Gasteiger charge is -2.11. The number of nitrogens with two attached hydrogens (primary N) is 1. The number of pyridine rings is 4. The average molecular weight is 485 g/mol. The van der Waals surface area contributed by atoms with Crippen molar-refractivity contribution in [2.24, 2.45) is 0 Å². The predicted molar refractivity (Wildman–Crippen MR) is 121 cm³/mol. The molecule has 0 amide bonds. The van der Waals surface area contributed by atoms with E-state index in [0.717, 1.165) is 6.07 Å². The lowest BCUT2D eigenvalue weighted by molar-refractivity contribution is 0.385. The Balaban J connectivity index is 1.71. The monoisotopic (exact) mass is 484 g/mol. The highest BCUT2D eigenvalue weighted by Gasteiger charge is 2.24.